The first-order chi connectivity index (χ1) is 8.42. The van der Waals surface area contributed by atoms with Crippen molar-refractivity contribution in [2.45, 2.75) is 25.3 Å². The van der Waals surface area contributed by atoms with Gasteiger partial charge < -0.3 is 4.90 Å². The maximum absolute atomic E-state index is 4.39. The van der Waals surface area contributed by atoms with Crippen molar-refractivity contribution in [2.75, 3.05) is 31.1 Å². The summed E-state index contributed by atoms with van der Waals surface area (Å²) in [5.41, 5.74) is 0. The molecule has 3 rings (SSSR count). The molecule has 3 nitrogen and oxygen atoms in total. The molecule has 2 saturated heterocycles. The molecule has 4 heteroatoms. The third kappa shape index (κ3) is 2.86. The van der Waals surface area contributed by atoms with E-state index < -0.39 is 0 Å². The average Bonchev–Trinajstić information content (AvgIpc) is 3.01. The standard InChI is InChI=1S/C13H21N3S/c1-3-13(16-7-2-5-14-16)10-15(6-1)9-12-4-8-17-11-12/h2,5,7,12-13H,1,3-4,6,8-11H2/t12-,13+/m0/s1. The number of likely N-dealkylation sites (tertiary alicyclic amines) is 1. The van der Waals surface area contributed by atoms with Gasteiger partial charge in [0.15, 0.2) is 0 Å². The molecule has 0 unspecified atom stereocenters. The molecule has 0 radical (unpaired) electrons. The fraction of sp³-hybridized carbons (Fsp3) is 0.769. The molecule has 0 aromatic carbocycles. The van der Waals surface area contributed by atoms with Gasteiger partial charge in [0.2, 0.25) is 0 Å². The SMILES string of the molecule is c1cnn([C@@H]2CCCN(C[C@@H]3CCSC3)C2)c1. The van der Waals surface area contributed by atoms with E-state index in [1.165, 1.54) is 50.4 Å². The quantitative estimate of drug-likeness (QED) is 0.822. The van der Waals surface area contributed by atoms with E-state index in [-0.39, 0.29) is 0 Å². The minimum atomic E-state index is 0.604. The molecule has 2 aliphatic rings. The van der Waals surface area contributed by atoms with Gasteiger partial charge in [-0.05, 0) is 49.3 Å². The lowest BCUT2D eigenvalue weighted by Gasteiger charge is -2.34. The highest BCUT2D eigenvalue weighted by atomic mass is 32.2. The van der Waals surface area contributed by atoms with Crippen molar-refractivity contribution >= 4 is 11.8 Å². The fourth-order valence-corrected chi connectivity index (χ4v) is 4.27. The monoisotopic (exact) mass is 251 g/mol. The van der Waals surface area contributed by atoms with Gasteiger partial charge in [-0.1, -0.05) is 0 Å². The lowest BCUT2D eigenvalue weighted by atomic mass is 10.0. The second-order valence-corrected chi connectivity index (χ2v) is 6.42. The number of rotatable bonds is 3. The van der Waals surface area contributed by atoms with Gasteiger partial charge >= 0.3 is 0 Å². The van der Waals surface area contributed by atoms with Crippen LogP contribution in [0.15, 0.2) is 18.5 Å². The molecule has 0 amide bonds. The first kappa shape index (κ1) is 11.6. The zero-order valence-electron chi connectivity index (χ0n) is 10.3. The van der Waals surface area contributed by atoms with Crippen molar-refractivity contribution in [3.63, 3.8) is 0 Å². The molecule has 2 atom stereocenters. The molecule has 1 aromatic rings. The van der Waals surface area contributed by atoms with Crippen LogP contribution in [0, 0.1) is 5.92 Å². The summed E-state index contributed by atoms with van der Waals surface area (Å²) in [6.45, 7) is 3.80. The Labute approximate surface area is 108 Å². The molecular formula is C13H21N3S. The third-order valence-corrected chi connectivity index (χ3v) is 5.15. The van der Waals surface area contributed by atoms with Crippen LogP contribution in [0.4, 0.5) is 0 Å². The van der Waals surface area contributed by atoms with Gasteiger partial charge in [0, 0.05) is 25.5 Å². The Bertz CT molecular complexity index is 332. The zero-order valence-corrected chi connectivity index (χ0v) is 11.1. The second-order valence-electron chi connectivity index (χ2n) is 5.27. The van der Waals surface area contributed by atoms with Crippen LogP contribution in [-0.2, 0) is 0 Å². The van der Waals surface area contributed by atoms with E-state index in [4.69, 9.17) is 0 Å². The van der Waals surface area contributed by atoms with Gasteiger partial charge in [-0.2, -0.15) is 16.9 Å². The minimum absolute atomic E-state index is 0.604. The lowest BCUT2D eigenvalue weighted by molar-refractivity contribution is 0.153. The summed E-state index contributed by atoms with van der Waals surface area (Å²) in [6.07, 6.45) is 8.04. The van der Waals surface area contributed by atoms with Crippen molar-refractivity contribution in [3.8, 4) is 0 Å². The normalized spacial score (nSPS) is 30.8. The summed E-state index contributed by atoms with van der Waals surface area (Å²) >= 11 is 2.13. The van der Waals surface area contributed by atoms with E-state index in [9.17, 15) is 0 Å². The Hall–Kier alpha value is -0.480. The summed E-state index contributed by atoms with van der Waals surface area (Å²) in [5, 5.41) is 4.39. The predicted octanol–water partition coefficient (Wildman–Crippen LogP) is 2.27. The topological polar surface area (TPSA) is 21.1 Å². The van der Waals surface area contributed by atoms with E-state index >= 15 is 0 Å². The predicted molar refractivity (Wildman–Crippen MR) is 72.4 cm³/mol. The maximum atomic E-state index is 4.39. The van der Waals surface area contributed by atoms with Crippen LogP contribution in [0.25, 0.3) is 0 Å². The summed E-state index contributed by atoms with van der Waals surface area (Å²) in [6, 6.07) is 2.64. The molecule has 2 fully saturated rings. The van der Waals surface area contributed by atoms with Crippen molar-refractivity contribution < 1.29 is 0 Å². The molecule has 2 aliphatic heterocycles. The number of piperidine rings is 1. The van der Waals surface area contributed by atoms with Crippen LogP contribution in [0.2, 0.25) is 0 Å². The van der Waals surface area contributed by atoms with Crippen LogP contribution >= 0.6 is 11.8 Å². The van der Waals surface area contributed by atoms with E-state index in [1.54, 1.807) is 0 Å². The molecular weight excluding hydrogens is 230 g/mol. The Morgan fingerprint density at radius 1 is 1.35 bits per heavy atom. The van der Waals surface area contributed by atoms with E-state index in [2.05, 4.69) is 32.6 Å². The summed E-state index contributed by atoms with van der Waals surface area (Å²) < 4.78 is 2.15. The van der Waals surface area contributed by atoms with Crippen LogP contribution in [0.5, 0.6) is 0 Å². The third-order valence-electron chi connectivity index (χ3n) is 3.92. The molecule has 0 saturated carbocycles. The Kier molecular flexibility index (Phi) is 3.71. The Balaban J connectivity index is 1.56. The van der Waals surface area contributed by atoms with Crippen molar-refractivity contribution in [3.05, 3.63) is 18.5 Å². The molecule has 94 valence electrons. The molecule has 0 spiro atoms. The van der Waals surface area contributed by atoms with Crippen LogP contribution < -0.4 is 0 Å². The van der Waals surface area contributed by atoms with E-state index in [0.717, 1.165) is 5.92 Å². The summed E-state index contributed by atoms with van der Waals surface area (Å²) in [5.74, 6) is 3.70. The van der Waals surface area contributed by atoms with Crippen molar-refractivity contribution in [1.29, 1.82) is 0 Å². The smallest absolute Gasteiger partial charge is 0.0646 e. The van der Waals surface area contributed by atoms with Crippen LogP contribution in [0.3, 0.4) is 0 Å². The van der Waals surface area contributed by atoms with Crippen LogP contribution in [-0.4, -0.2) is 45.8 Å². The van der Waals surface area contributed by atoms with Crippen LogP contribution in [0.1, 0.15) is 25.3 Å². The minimum Gasteiger partial charge on any atom is -0.301 e. The zero-order chi connectivity index (χ0) is 11.5. The second kappa shape index (κ2) is 5.44. The number of thioether (sulfide) groups is 1. The number of hydrogen-bond acceptors (Lipinski definition) is 3. The fourth-order valence-electron chi connectivity index (χ4n) is 3.00. The molecule has 3 heterocycles. The maximum Gasteiger partial charge on any atom is 0.0646 e. The first-order valence-electron chi connectivity index (χ1n) is 6.71. The number of nitrogens with zero attached hydrogens (tertiary/aromatic N) is 3. The Morgan fingerprint density at radius 2 is 2.35 bits per heavy atom. The molecule has 0 bridgehead atoms. The van der Waals surface area contributed by atoms with Crippen molar-refractivity contribution in [1.82, 2.24) is 14.7 Å². The van der Waals surface area contributed by atoms with E-state index in [1.807, 2.05) is 12.3 Å². The first-order valence-corrected chi connectivity index (χ1v) is 7.86. The number of hydrogen-bond donors (Lipinski definition) is 0. The van der Waals surface area contributed by atoms with Crippen molar-refractivity contribution in [2.24, 2.45) is 5.92 Å². The molecule has 1 aromatic heterocycles. The van der Waals surface area contributed by atoms with Gasteiger partial charge in [-0.25, -0.2) is 0 Å². The largest absolute Gasteiger partial charge is 0.301 e. The van der Waals surface area contributed by atoms with E-state index in [0.29, 0.717) is 6.04 Å². The van der Waals surface area contributed by atoms with Gasteiger partial charge in [0.05, 0.1) is 6.04 Å². The lowest BCUT2D eigenvalue weighted by Crippen LogP contribution is -2.39. The van der Waals surface area contributed by atoms with Gasteiger partial charge in [-0.3, -0.25) is 4.68 Å². The van der Waals surface area contributed by atoms with Gasteiger partial charge in [0.1, 0.15) is 0 Å². The summed E-state index contributed by atoms with van der Waals surface area (Å²) in [4.78, 5) is 2.66. The number of aromatic nitrogens is 2. The molecule has 0 aliphatic carbocycles. The Morgan fingerprint density at radius 3 is 3.12 bits per heavy atom. The highest BCUT2D eigenvalue weighted by Crippen LogP contribution is 2.27. The summed E-state index contributed by atoms with van der Waals surface area (Å²) in [7, 11) is 0. The highest BCUT2D eigenvalue weighted by Gasteiger charge is 2.25. The molecule has 17 heavy (non-hydrogen) atoms. The van der Waals surface area contributed by atoms with Gasteiger partial charge in [-0.15, -0.1) is 0 Å². The van der Waals surface area contributed by atoms with Gasteiger partial charge in [0.25, 0.3) is 0 Å². The highest BCUT2D eigenvalue weighted by molar-refractivity contribution is 7.99. The average molecular weight is 251 g/mol. The molecule has 0 N–H and O–H groups in total.